The van der Waals surface area contributed by atoms with Crippen LogP contribution in [0.15, 0.2) is 24.3 Å². The van der Waals surface area contributed by atoms with Crippen molar-refractivity contribution in [1.82, 2.24) is 5.32 Å². The number of hydrogen-bond acceptors (Lipinski definition) is 5. The predicted molar refractivity (Wildman–Crippen MR) is 83.2 cm³/mol. The first kappa shape index (κ1) is 17.0. The minimum Gasteiger partial charge on any atom is -0.482 e. The lowest BCUT2D eigenvalue weighted by molar-refractivity contribution is -0.150. The Morgan fingerprint density at radius 2 is 1.83 bits per heavy atom. The van der Waals surface area contributed by atoms with Crippen molar-refractivity contribution in [2.75, 3.05) is 13.2 Å². The summed E-state index contributed by atoms with van der Waals surface area (Å²) < 4.78 is 10.1. The van der Waals surface area contributed by atoms with Crippen LogP contribution in [0.4, 0.5) is 0 Å². The molecule has 1 aromatic rings. The second-order valence-corrected chi connectivity index (χ2v) is 5.72. The summed E-state index contributed by atoms with van der Waals surface area (Å²) in [5, 5.41) is 2.80. The third-order valence-electron chi connectivity index (χ3n) is 3.70. The molecule has 1 aliphatic carbocycles. The highest BCUT2D eigenvalue weighted by Gasteiger charge is 2.28. The molecule has 1 atom stereocenters. The van der Waals surface area contributed by atoms with Gasteiger partial charge in [0.25, 0.3) is 5.91 Å². The summed E-state index contributed by atoms with van der Waals surface area (Å²) in [7, 11) is 0. The average molecular weight is 319 g/mol. The number of nitrogens with one attached hydrogen (secondary N) is 1. The number of carbonyl (C=O) groups is 3. The number of esters is 1. The van der Waals surface area contributed by atoms with Gasteiger partial charge < -0.3 is 14.8 Å². The standard InChI is InChI=1S/C17H21NO5/c1-11(13-3-4-13)18-16(20)9-23-17(21)10-22-15-7-5-14(6-8-15)12(2)19/h5-8,11,13H,3-4,9-10H2,1-2H3,(H,18,20)/t11-/m0/s1. The van der Waals surface area contributed by atoms with Crippen LogP contribution in [0, 0.1) is 5.92 Å². The Morgan fingerprint density at radius 1 is 1.17 bits per heavy atom. The van der Waals surface area contributed by atoms with Gasteiger partial charge in [-0.3, -0.25) is 9.59 Å². The SMILES string of the molecule is CC(=O)c1ccc(OCC(=O)OCC(=O)N[C@@H](C)C2CC2)cc1. The summed E-state index contributed by atoms with van der Waals surface area (Å²) in [5.41, 5.74) is 0.571. The maximum absolute atomic E-state index is 11.6. The Morgan fingerprint density at radius 3 is 2.39 bits per heavy atom. The summed E-state index contributed by atoms with van der Waals surface area (Å²) in [6, 6.07) is 6.57. The molecule has 6 heteroatoms. The van der Waals surface area contributed by atoms with Crippen molar-refractivity contribution in [3.05, 3.63) is 29.8 Å². The molecule has 0 saturated heterocycles. The van der Waals surface area contributed by atoms with Gasteiger partial charge in [-0.05, 0) is 56.9 Å². The number of carbonyl (C=O) groups excluding carboxylic acids is 3. The Hall–Kier alpha value is -2.37. The Bertz CT molecular complexity index is 577. The number of hydrogen-bond donors (Lipinski definition) is 1. The van der Waals surface area contributed by atoms with E-state index < -0.39 is 5.97 Å². The Kier molecular flexibility index (Phi) is 5.73. The van der Waals surface area contributed by atoms with Crippen molar-refractivity contribution in [3.63, 3.8) is 0 Å². The van der Waals surface area contributed by atoms with Gasteiger partial charge in [0.15, 0.2) is 19.0 Å². The van der Waals surface area contributed by atoms with Gasteiger partial charge in [-0.25, -0.2) is 4.79 Å². The van der Waals surface area contributed by atoms with Crippen LogP contribution in [0.1, 0.15) is 37.0 Å². The molecule has 0 aromatic heterocycles. The first-order chi connectivity index (χ1) is 11.0. The molecule has 1 amide bonds. The fourth-order valence-corrected chi connectivity index (χ4v) is 2.13. The highest BCUT2D eigenvalue weighted by Crippen LogP contribution is 2.32. The third-order valence-corrected chi connectivity index (χ3v) is 3.70. The minimum absolute atomic E-state index is 0.0394. The highest BCUT2D eigenvalue weighted by molar-refractivity contribution is 5.94. The molecule has 0 radical (unpaired) electrons. The molecule has 6 nitrogen and oxygen atoms in total. The first-order valence-electron chi connectivity index (χ1n) is 7.64. The number of benzene rings is 1. The van der Waals surface area contributed by atoms with Gasteiger partial charge in [0, 0.05) is 11.6 Å². The lowest BCUT2D eigenvalue weighted by atomic mass is 10.1. The number of rotatable bonds is 8. The molecule has 1 N–H and O–H groups in total. The average Bonchev–Trinajstić information content (AvgIpc) is 3.36. The summed E-state index contributed by atoms with van der Waals surface area (Å²) in [5.74, 6) is 0.0514. The van der Waals surface area contributed by atoms with Crippen LogP contribution >= 0.6 is 0 Å². The van der Waals surface area contributed by atoms with Crippen LogP contribution in [0.3, 0.4) is 0 Å². The normalized spacial score (nSPS) is 14.7. The zero-order valence-corrected chi connectivity index (χ0v) is 13.3. The van der Waals surface area contributed by atoms with Crippen LogP contribution in [-0.2, 0) is 14.3 Å². The van der Waals surface area contributed by atoms with Gasteiger partial charge in [-0.1, -0.05) is 0 Å². The maximum Gasteiger partial charge on any atom is 0.344 e. The van der Waals surface area contributed by atoms with Gasteiger partial charge in [-0.15, -0.1) is 0 Å². The van der Waals surface area contributed by atoms with E-state index in [4.69, 9.17) is 9.47 Å². The number of ketones is 1. The van der Waals surface area contributed by atoms with E-state index >= 15 is 0 Å². The molecule has 0 spiro atoms. The molecule has 1 aliphatic rings. The van der Waals surface area contributed by atoms with E-state index in [0.717, 1.165) is 12.8 Å². The fraction of sp³-hybridized carbons (Fsp3) is 0.471. The number of amides is 1. The highest BCUT2D eigenvalue weighted by atomic mass is 16.6. The Labute approximate surface area is 135 Å². The van der Waals surface area contributed by atoms with E-state index in [1.54, 1.807) is 24.3 Å². The van der Waals surface area contributed by atoms with E-state index in [-0.39, 0.29) is 30.9 Å². The van der Waals surface area contributed by atoms with Crippen LogP contribution in [0.25, 0.3) is 0 Å². The summed E-state index contributed by atoms with van der Waals surface area (Å²) in [6.45, 7) is 2.83. The predicted octanol–water partition coefficient (Wildman–Crippen LogP) is 1.73. The van der Waals surface area contributed by atoms with Crippen LogP contribution in [0.2, 0.25) is 0 Å². The first-order valence-corrected chi connectivity index (χ1v) is 7.64. The van der Waals surface area contributed by atoms with Crippen LogP contribution in [0.5, 0.6) is 5.75 Å². The minimum atomic E-state index is -0.616. The van der Waals surface area contributed by atoms with E-state index in [1.165, 1.54) is 6.92 Å². The van der Waals surface area contributed by atoms with Crippen molar-refractivity contribution in [2.45, 2.75) is 32.7 Å². The molecule has 0 aliphatic heterocycles. The van der Waals surface area contributed by atoms with Crippen molar-refractivity contribution < 1.29 is 23.9 Å². The lowest BCUT2D eigenvalue weighted by Crippen LogP contribution is -2.37. The molecule has 1 fully saturated rings. The smallest absolute Gasteiger partial charge is 0.344 e. The van der Waals surface area contributed by atoms with Gasteiger partial charge in [0.1, 0.15) is 5.75 Å². The van der Waals surface area contributed by atoms with Crippen molar-refractivity contribution >= 4 is 17.7 Å². The maximum atomic E-state index is 11.6. The molecule has 0 unspecified atom stereocenters. The molecule has 0 heterocycles. The second kappa shape index (κ2) is 7.76. The molecular weight excluding hydrogens is 298 g/mol. The molecule has 2 rings (SSSR count). The van der Waals surface area contributed by atoms with E-state index in [1.807, 2.05) is 6.92 Å². The van der Waals surface area contributed by atoms with Gasteiger partial charge in [0.05, 0.1) is 0 Å². The fourth-order valence-electron chi connectivity index (χ4n) is 2.13. The van der Waals surface area contributed by atoms with Crippen LogP contribution < -0.4 is 10.1 Å². The quantitative estimate of drug-likeness (QED) is 0.583. The summed E-state index contributed by atoms with van der Waals surface area (Å²) in [4.78, 5) is 34.3. The number of ether oxygens (including phenoxy) is 2. The largest absolute Gasteiger partial charge is 0.482 e. The lowest BCUT2D eigenvalue weighted by Gasteiger charge is -2.12. The third kappa shape index (κ3) is 5.73. The summed E-state index contributed by atoms with van der Waals surface area (Å²) in [6.07, 6.45) is 2.27. The number of Topliss-reactive ketones (excluding diaryl/α,β-unsaturated/α-hetero) is 1. The molecular formula is C17H21NO5. The van der Waals surface area contributed by atoms with Gasteiger partial charge >= 0.3 is 5.97 Å². The van der Waals surface area contributed by atoms with Crippen molar-refractivity contribution in [2.24, 2.45) is 5.92 Å². The zero-order chi connectivity index (χ0) is 16.8. The van der Waals surface area contributed by atoms with Crippen molar-refractivity contribution in [1.29, 1.82) is 0 Å². The second-order valence-electron chi connectivity index (χ2n) is 5.72. The van der Waals surface area contributed by atoms with Crippen molar-refractivity contribution in [3.8, 4) is 5.75 Å². The molecule has 1 aromatic carbocycles. The van der Waals surface area contributed by atoms with E-state index in [0.29, 0.717) is 17.2 Å². The van der Waals surface area contributed by atoms with E-state index in [9.17, 15) is 14.4 Å². The summed E-state index contributed by atoms with van der Waals surface area (Å²) >= 11 is 0. The molecule has 0 bridgehead atoms. The van der Waals surface area contributed by atoms with Gasteiger partial charge in [0.2, 0.25) is 0 Å². The Balaban J connectivity index is 1.66. The monoisotopic (exact) mass is 319 g/mol. The van der Waals surface area contributed by atoms with Gasteiger partial charge in [-0.2, -0.15) is 0 Å². The van der Waals surface area contributed by atoms with Crippen LogP contribution in [-0.4, -0.2) is 36.9 Å². The topological polar surface area (TPSA) is 81.7 Å². The zero-order valence-electron chi connectivity index (χ0n) is 13.3. The van der Waals surface area contributed by atoms with E-state index in [2.05, 4.69) is 5.32 Å². The molecule has 23 heavy (non-hydrogen) atoms. The molecule has 1 saturated carbocycles. The molecule has 124 valence electrons.